The van der Waals surface area contributed by atoms with Crippen molar-refractivity contribution in [3.8, 4) is 5.75 Å². The van der Waals surface area contributed by atoms with E-state index < -0.39 is 5.97 Å². The van der Waals surface area contributed by atoms with Gasteiger partial charge in [0.15, 0.2) is 0 Å². The van der Waals surface area contributed by atoms with Crippen LogP contribution in [0.25, 0.3) is 0 Å². The van der Waals surface area contributed by atoms with Gasteiger partial charge in [-0.3, -0.25) is 4.99 Å². The summed E-state index contributed by atoms with van der Waals surface area (Å²) in [6.07, 6.45) is 1.57. The van der Waals surface area contributed by atoms with Crippen LogP contribution >= 0.6 is 0 Å². The quantitative estimate of drug-likeness (QED) is 0.798. The Kier molecular flexibility index (Phi) is 5.36. The maximum absolute atomic E-state index is 10.8. The van der Waals surface area contributed by atoms with Crippen LogP contribution in [-0.2, 0) is 0 Å². The van der Waals surface area contributed by atoms with Gasteiger partial charge in [0.05, 0.1) is 11.3 Å². The Labute approximate surface area is 135 Å². The van der Waals surface area contributed by atoms with Gasteiger partial charge >= 0.3 is 5.97 Å². The van der Waals surface area contributed by atoms with Crippen molar-refractivity contribution in [2.45, 2.75) is 13.8 Å². The lowest BCUT2D eigenvalue weighted by molar-refractivity contribution is 0.0697. The molecule has 0 saturated carbocycles. The third kappa shape index (κ3) is 4.10. The molecule has 0 aliphatic carbocycles. The van der Waals surface area contributed by atoms with E-state index in [2.05, 4.69) is 23.7 Å². The first-order valence-corrected chi connectivity index (χ1v) is 7.50. The fourth-order valence-electron chi connectivity index (χ4n) is 2.26. The lowest BCUT2D eigenvalue weighted by Gasteiger charge is -2.21. The van der Waals surface area contributed by atoms with Gasteiger partial charge in [-0.2, -0.15) is 0 Å². The number of phenolic OH excluding ortho intramolecular Hbond substituents is 1. The average Bonchev–Trinajstić information content (AvgIpc) is 2.55. The van der Waals surface area contributed by atoms with Gasteiger partial charge in [-0.25, -0.2) is 4.79 Å². The maximum atomic E-state index is 10.8. The Hall–Kier alpha value is -2.82. The van der Waals surface area contributed by atoms with Crippen LogP contribution < -0.4 is 4.90 Å². The monoisotopic (exact) mass is 312 g/mol. The third-order valence-corrected chi connectivity index (χ3v) is 3.61. The van der Waals surface area contributed by atoms with Crippen molar-refractivity contribution in [1.82, 2.24) is 0 Å². The molecule has 0 fully saturated rings. The Bertz CT molecular complexity index is 705. The van der Waals surface area contributed by atoms with Crippen LogP contribution in [0.5, 0.6) is 5.75 Å². The molecule has 0 aliphatic heterocycles. The molecule has 0 spiro atoms. The number of phenols is 1. The molecule has 2 aromatic rings. The van der Waals surface area contributed by atoms with Crippen molar-refractivity contribution in [1.29, 1.82) is 0 Å². The summed E-state index contributed by atoms with van der Waals surface area (Å²) in [6.45, 7) is 5.88. The van der Waals surface area contributed by atoms with Crippen LogP contribution in [0.4, 0.5) is 11.4 Å². The normalized spacial score (nSPS) is 10.9. The number of nitrogens with zero attached hydrogens (tertiary/aromatic N) is 2. The van der Waals surface area contributed by atoms with Crippen LogP contribution in [0, 0.1) is 0 Å². The number of aromatic hydroxyl groups is 1. The highest BCUT2D eigenvalue weighted by Gasteiger charge is 2.06. The summed E-state index contributed by atoms with van der Waals surface area (Å²) in [4.78, 5) is 17.2. The fraction of sp³-hybridized carbons (Fsp3) is 0.222. The van der Waals surface area contributed by atoms with Crippen LogP contribution in [0.15, 0.2) is 47.5 Å². The highest BCUT2D eigenvalue weighted by atomic mass is 16.4. The molecular weight excluding hydrogens is 292 g/mol. The predicted molar refractivity (Wildman–Crippen MR) is 92.3 cm³/mol. The van der Waals surface area contributed by atoms with Crippen molar-refractivity contribution in [2.75, 3.05) is 18.0 Å². The molecule has 0 heterocycles. The molecule has 2 rings (SSSR count). The summed E-state index contributed by atoms with van der Waals surface area (Å²) in [7, 11) is 0. The molecule has 0 amide bonds. The number of hydrogen-bond donors (Lipinski definition) is 2. The van der Waals surface area contributed by atoms with Crippen molar-refractivity contribution in [3.63, 3.8) is 0 Å². The largest absolute Gasteiger partial charge is 0.507 e. The van der Waals surface area contributed by atoms with E-state index in [9.17, 15) is 9.90 Å². The predicted octanol–water partition coefficient (Wildman–Crippen LogP) is 3.69. The van der Waals surface area contributed by atoms with E-state index in [0.717, 1.165) is 18.8 Å². The SMILES string of the molecule is CCN(CC)c1ccc(C=Nc2ccc(C(=O)O)cc2)c(O)c1. The molecule has 0 aliphatic rings. The number of anilines is 1. The fourth-order valence-corrected chi connectivity index (χ4v) is 2.26. The standard InChI is InChI=1S/C18H20N2O3/c1-3-20(4-2)16-10-7-14(17(21)11-16)12-19-15-8-5-13(6-9-15)18(22)23/h5-12,21H,3-4H2,1-2H3,(H,22,23). The Morgan fingerprint density at radius 1 is 1.13 bits per heavy atom. The number of aliphatic imine (C=N–C) groups is 1. The minimum absolute atomic E-state index is 0.167. The number of carboxylic acid groups (broad SMARTS) is 1. The van der Waals surface area contributed by atoms with Crippen molar-refractivity contribution >= 4 is 23.6 Å². The molecule has 0 unspecified atom stereocenters. The molecular formula is C18H20N2O3. The minimum Gasteiger partial charge on any atom is -0.507 e. The summed E-state index contributed by atoms with van der Waals surface area (Å²) in [6, 6.07) is 11.7. The number of rotatable bonds is 6. The van der Waals surface area contributed by atoms with Crippen LogP contribution in [0.1, 0.15) is 29.8 Å². The third-order valence-electron chi connectivity index (χ3n) is 3.61. The summed E-state index contributed by atoms with van der Waals surface area (Å²) in [5.41, 5.74) is 2.43. The average molecular weight is 312 g/mol. The van der Waals surface area contributed by atoms with Crippen molar-refractivity contribution < 1.29 is 15.0 Å². The van der Waals surface area contributed by atoms with Gasteiger partial charge in [-0.05, 0) is 50.2 Å². The molecule has 23 heavy (non-hydrogen) atoms. The van der Waals surface area contributed by atoms with Crippen LogP contribution in [0.3, 0.4) is 0 Å². The first-order chi connectivity index (χ1) is 11.0. The second-order valence-electron chi connectivity index (χ2n) is 5.03. The number of carboxylic acids is 1. The summed E-state index contributed by atoms with van der Waals surface area (Å²) in [5, 5.41) is 19.0. The number of hydrogen-bond acceptors (Lipinski definition) is 4. The van der Waals surface area contributed by atoms with E-state index in [1.54, 1.807) is 24.4 Å². The van der Waals surface area contributed by atoms with E-state index in [1.165, 1.54) is 12.1 Å². The molecule has 120 valence electrons. The first-order valence-electron chi connectivity index (χ1n) is 7.50. The van der Waals surface area contributed by atoms with Gasteiger partial charge < -0.3 is 15.1 Å². The second-order valence-corrected chi connectivity index (χ2v) is 5.03. The second kappa shape index (κ2) is 7.45. The number of benzene rings is 2. The lowest BCUT2D eigenvalue weighted by atomic mass is 10.1. The van der Waals surface area contributed by atoms with Gasteiger partial charge in [0.2, 0.25) is 0 Å². The summed E-state index contributed by atoms with van der Waals surface area (Å²) >= 11 is 0. The Morgan fingerprint density at radius 2 is 1.78 bits per heavy atom. The zero-order chi connectivity index (χ0) is 16.8. The van der Waals surface area contributed by atoms with Gasteiger partial charge in [0, 0.05) is 36.6 Å². The highest BCUT2D eigenvalue weighted by Crippen LogP contribution is 2.24. The van der Waals surface area contributed by atoms with Crippen LogP contribution in [-0.4, -0.2) is 35.5 Å². The summed E-state index contributed by atoms with van der Waals surface area (Å²) in [5.74, 6) is -0.800. The first kappa shape index (κ1) is 16.5. The molecule has 0 aromatic heterocycles. The topological polar surface area (TPSA) is 73.1 Å². The van der Waals surface area contributed by atoms with Gasteiger partial charge in [0.1, 0.15) is 5.75 Å². The minimum atomic E-state index is -0.967. The Morgan fingerprint density at radius 3 is 2.30 bits per heavy atom. The zero-order valence-electron chi connectivity index (χ0n) is 13.2. The molecule has 0 atom stereocenters. The van der Waals surface area contributed by atoms with Crippen LogP contribution in [0.2, 0.25) is 0 Å². The van der Waals surface area contributed by atoms with Crippen molar-refractivity contribution in [2.24, 2.45) is 4.99 Å². The van der Waals surface area contributed by atoms with Gasteiger partial charge in [-0.1, -0.05) is 0 Å². The van der Waals surface area contributed by atoms with E-state index in [0.29, 0.717) is 11.3 Å². The summed E-state index contributed by atoms with van der Waals surface area (Å²) < 4.78 is 0. The molecule has 0 bridgehead atoms. The van der Waals surface area contributed by atoms with Gasteiger partial charge in [0.25, 0.3) is 0 Å². The molecule has 2 aromatic carbocycles. The molecule has 0 radical (unpaired) electrons. The van der Waals surface area contributed by atoms with Gasteiger partial charge in [-0.15, -0.1) is 0 Å². The zero-order valence-corrected chi connectivity index (χ0v) is 13.2. The molecule has 2 N–H and O–H groups in total. The smallest absolute Gasteiger partial charge is 0.335 e. The lowest BCUT2D eigenvalue weighted by Crippen LogP contribution is -2.21. The Balaban J connectivity index is 2.17. The van der Waals surface area contributed by atoms with E-state index in [1.807, 2.05) is 12.1 Å². The van der Waals surface area contributed by atoms with E-state index in [4.69, 9.17) is 5.11 Å². The molecule has 0 saturated heterocycles. The highest BCUT2D eigenvalue weighted by molar-refractivity contribution is 5.89. The number of aromatic carboxylic acids is 1. The molecule has 5 heteroatoms. The maximum Gasteiger partial charge on any atom is 0.335 e. The number of carbonyl (C=O) groups is 1. The van der Waals surface area contributed by atoms with E-state index in [-0.39, 0.29) is 11.3 Å². The molecule has 5 nitrogen and oxygen atoms in total. The van der Waals surface area contributed by atoms with E-state index >= 15 is 0 Å². The van der Waals surface area contributed by atoms with Crippen molar-refractivity contribution in [3.05, 3.63) is 53.6 Å².